The fraction of sp³-hybridized carbons (Fsp3) is 0.229. The number of hydrogen-bond acceptors (Lipinski definition) is 4. The van der Waals surface area contributed by atoms with E-state index in [-0.39, 0.29) is 10.8 Å². The number of aromatic nitrogens is 1. The first-order chi connectivity index (χ1) is 24.9. The molecule has 0 unspecified atom stereocenters. The van der Waals surface area contributed by atoms with Gasteiger partial charge in [0.1, 0.15) is 0 Å². The number of rotatable bonds is 6. The smallest absolute Gasteiger partial charge is 0.0938 e. The monoisotopic (exact) mass is 680 g/mol. The molecule has 1 aromatic heterocycles. The molecule has 8 rings (SSSR count). The predicted octanol–water partition coefficient (Wildman–Crippen LogP) is 11.7. The second-order valence-electron chi connectivity index (χ2n) is 16.4. The highest BCUT2D eigenvalue weighted by molar-refractivity contribution is 5.88. The molecule has 6 aromatic rings. The van der Waals surface area contributed by atoms with Crippen LogP contribution in [0.3, 0.4) is 0 Å². The second-order valence-corrected chi connectivity index (χ2v) is 16.4. The van der Waals surface area contributed by atoms with Gasteiger partial charge in [0.25, 0.3) is 0 Å². The number of fused-ring (bicyclic) bond motifs is 3. The molecule has 2 heterocycles. The van der Waals surface area contributed by atoms with E-state index in [1.165, 1.54) is 38.9 Å². The Bertz CT molecular complexity index is 2210. The molecular weight excluding hydrogens is 633 g/mol. The maximum absolute atomic E-state index is 5.17. The SMILES string of the molecule is CN1C=CN(c2cccc(N(c3ccccc3)c3cccc(C4(c5ccccn5)c5ccc(C(C)(C)C)cc5-c5cc(C(C)(C)C)ccc54)c3)c2)C1. The largest absolute Gasteiger partial charge is 0.361 e. The molecule has 0 spiro atoms. The Balaban J connectivity index is 1.38. The summed E-state index contributed by atoms with van der Waals surface area (Å²) in [5, 5.41) is 0. The van der Waals surface area contributed by atoms with Crippen molar-refractivity contribution >= 4 is 22.7 Å². The summed E-state index contributed by atoms with van der Waals surface area (Å²) in [5.41, 5.74) is 13.9. The lowest BCUT2D eigenvalue weighted by Crippen LogP contribution is -2.30. The zero-order chi connectivity index (χ0) is 36.3. The maximum Gasteiger partial charge on any atom is 0.0938 e. The van der Waals surface area contributed by atoms with Crippen molar-refractivity contribution in [1.29, 1.82) is 0 Å². The van der Waals surface area contributed by atoms with Crippen molar-refractivity contribution in [3.05, 3.63) is 186 Å². The number of hydrogen-bond donors (Lipinski definition) is 0. The van der Waals surface area contributed by atoms with Crippen molar-refractivity contribution in [2.45, 2.75) is 57.8 Å². The highest BCUT2D eigenvalue weighted by atomic mass is 15.3. The van der Waals surface area contributed by atoms with E-state index in [2.05, 4.69) is 203 Å². The number of benzene rings is 5. The molecule has 0 saturated carbocycles. The van der Waals surface area contributed by atoms with Gasteiger partial charge in [0.15, 0.2) is 0 Å². The van der Waals surface area contributed by atoms with E-state index < -0.39 is 5.41 Å². The van der Waals surface area contributed by atoms with E-state index in [0.29, 0.717) is 0 Å². The fourth-order valence-electron chi connectivity index (χ4n) is 8.00. The summed E-state index contributed by atoms with van der Waals surface area (Å²) in [5.74, 6) is 0. The van der Waals surface area contributed by atoms with Gasteiger partial charge in [0.2, 0.25) is 0 Å². The normalized spacial score (nSPS) is 14.8. The van der Waals surface area contributed by atoms with Crippen LogP contribution in [0.1, 0.15) is 75.1 Å². The van der Waals surface area contributed by atoms with Gasteiger partial charge in [-0.25, -0.2) is 0 Å². The third-order valence-electron chi connectivity index (χ3n) is 10.8. The molecule has 4 nitrogen and oxygen atoms in total. The van der Waals surface area contributed by atoms with Crippen molar-refractivity contribution in [3.8, 4) is 11.1 Å². The van der Waals surface area contributed by atoms with Crippen molar-refractivity contribution in [2.24, 2.45) is 0 Å². The summed E-state index contributed by atoms with van der Waals surface area (Å²) >= 11 is 0. The van der Waals surface area contributed by atoms with Crippen LogP contribution in [0, 0.1) is 0 Å². The zero-order valence-corrected chi connectivity index (χ0v) is 31.4. The molecule has 0 bridgehead atoms. The molecule has 260 valence electrons. The van der Waals surface area contributed by atoms with Crippen LogP contribution < -0.4 is 9.80 Å². The van der Waals surface area contributed by atoms with Gasteiger partial charge in [0.05, 0.1) is 17.8 Å². The number of pyridine rings is 1. The number of nitrogens with zero attached hydrogens (tertiary/aromatic N) is 4. The van der Waals surface area contributed by atoms with Crippen LogP contribution in [-0.4, -0.2) is 23.6 Å². The lowest BCUT2D eigenvalue weighted by molar-refractivity contribution is 0.496. The maximum atomic E-state index is 5.17. The average Bonchev–Trinajstić information content (AvgIpc) is 3.71. The Morgan fingerprint density at radius 1 is 0.577 bits per heavy atom. The summed E-state index contributed by atoms with van der Waals surface area (Å²) in [6.07, 6.45) is 6.21. The van der Waals surface area contributed by atoms with Crippen molar-refractivity contribution in [1.82, 2.24) is 9.88 Å². The van der Waals surface area contributed by atoms with Gasteiger partial charge in [-0.15, -0.1) is 0 Å². The van der Waals surface area contributed by atoms with Crippen LogP contribution in [0.15, 0.2) is 152 Å². The van der Waals surface area contributed by atoms with Gasteiger partial charge < -0.3 is 14.7 Å². The predicted molar refractivity (Wildman–Crippen MR) is 218 cm³/mol. The lowest BCUT2D eigenvalue weighted by atomic mass is 9.69. The molecule has 2 aliphatic rings. The van der Waals surface area contributed by atoms with E-state index in [1.54, 1.807) is 0 Å². The summed E-state index contributed by atoms with van der Waals surface area (Å²) < 4.78 is 0. The van der Waals surface area contributed by atoms with E-state index in [0.717, 1.165) is 35.1 Å². The Labute approximate surface area is 309 Å². The standard InChI is InChI=1S/C48H48N4/c1-46(2,3)34-22-24-43-41(30-34)42-31-35(47(4,5)6)23-25-44(42)48(43,45-21-11-12-26-49-45)36-15-13-19-39(29-36)52(37-16-9-8-10-17-37)40-20-14-18-38(32-40)51-28-27-50(7)33-51/h8-32H,33H2,1-7H3. The Morgan fingerprint density at radius 2 is 1.17 bits per heavy atom. The molecule has 1 aliphatic carbocycles. The van der Waals surface area contributed by atoms with Gasteiger partial charge in [-0.3, -0.25) is 4.98 Å². The van der Waals surface area contributed by atoms with E-state index in [1.807, 2.05) is 12.3 Å². The van der Waals surface area contributed by atoms with Crippen LogP contribution in [0.2, 0.25) is 0 Å². The van der Waals surface area contributed by atoms with Gasteiger partial charge in [0, 0.05) is 48.4 Å². The minimum absolute atomic E-state index is 0.0119. The van der Waals surface area contributed by atoms with Crippen molar-refractivity contribution < 1.29 is 0 Å². The Hall–Kier alpha value is -5.61. The first kappa shape index (κ1) is 33.5. The molecular formula is C48H48N4. The summed E-state index contributed by atoms with van der Waals surface area (Å²) in [6.45, 7) is 14.6. The second kappa shape index (κ2) is 12.6. The Morgan fingerprint density at radius 3 is 1.75 bits per heavy atom. The van der Waals surface area contributed by atoms with Crippen molar-refractivity contribution in [2.75, 3.05) is 23.5 Å². The van der Waals surface area contributed by atoms with Gasteiger partial charge >= 0.3 is 0 Å². The van der Waals surface area contributed by atoms with Crippen LogP contribution in [0.25, 0.3) is 11.1 Å². The minimum atomic E-state index is -0.621. The van der Waals surface area contributed by atoms with Crippen LogP contribution in [-0.2, 0) is 16.2 Å². The van der Waals surface area contributed by atoms with Crippen molar-refractivity contribution in [3.63, 3.8) is 0 Å². The minimum Gasteiger partial charge on any atom is -0.361 e. The Kier molecular flexibility index (Phi) is 8.10. The average molecular weight is 681 g/mol. The molecule has 1 aliphatic heterocycles. The zero-order valence-electron chi connectivity index (χ0n) is 31.4. The number of anilines is 4. The van der Waals surface area contributed by atoms with Crippen LogP contribution >= 0.6 is 0 Å². The van der Waals surface area contributed by atoms with E-state index in [9.17, 15) is 0 Å². The molecule has 0 saturated heterocycles. The molecule has 4 heteroatoms. The number of para-hydroxylation sites is 1. The highest BCUT2D eigenvalue weighted by Crippen LogP contribution is 2.57. The van der Waals surface area contributed by atoms with Gasteiger partial charge in [-0.2, -0.15) is 0 Å². The highest BCUT2D eigenvalue weighted by Gasteiger charge is 2.48. The topological polar surface area (TPSA) is 22.6 Å². The fourth-order valence-corrected chi connectivity index (χ4v) is 8.00. The quantitative estimate of drug-likeness (QED) is 0.174. The summed E-state index contributed by atoms with van der Waals surface area (Å²) in [7, 11) is 2.10. The summed E-state index contributed by atoms with van der Waals surface area (Å²) in [6, 6.07) is 49.4. The lowest BCUT2D eigenvalue weighted by Gasteiger charge is -2.34. The molecule has 0 amide bonds. The third kappa shape index (κ3) is 5.67. The first-order valence-corrected chi connectivity index (χ1v) is 18.4. The third-order valence-corrected chi connectivity index (χ3v) is 10.8. The summed E-state index contributed by atoms with van der Waals surface area (Å²) in [4.78, 5) is 12.0. The molecule has 5 aromatic carbocycles. The van der Waals surface area contributed by atoms with Crippen LogP contribution in [0.5, 0.6) is 0 Å². The molecule has 0 atom stereocenters. The first-order valence-electron chi connectivity index (χ1n) is 18.4. The molecule has 52 heavy (non-hydrogen) atoms. The van der Waals surface area contributed by atoms with Gasteiger partial charge in [-0.1, -0.05) is 120 Å². The molecule has 0 N–H and O–H groups in total. The molecule has 0 radical (unpaired) electrons. The molecule has 0 fully saturated rings. The van der Waals surface area contributed by atoms with E-state index >= 15 is 0 Å². The van der Waals surface area contributed by atoms with Gasteiger partial charge in [-0.05, 0) is 104 Å². The van der Waals surface area contributed by atoms with Crippen LogP contribution in [0.4, 0.5) is 22.7 Å². The van der Waals surface area contributed by atoms with E-state index in [4.69, 9.17) is 4.98 Å².